The molecule has 2 amide bonds. The highest BCUT2D eigenvalue weighted by molar-refractivity contribution is 7.20. The van der Waals surface area contributed by atoms with E-state index in [0.717, 1.165) is 0 Å². The minimum Gasteiger partial charge on any atom is -0.490 e. The predicted octanol–water partition coefficient (Wildman–Crippen LogP) is 4.22. The van der Waals surface area contributed by atoms with E-state index in [0.29, 0.717) is 52.0 Å². The monoisotopic (exact) mass is 484 g/mol. The van der Waals surface area contributed by atoms with E-state index in [1.54, 1.807) is 36.4 Å². The van der Waals surface area contributed by atoms with Crippen LogP contribution in [0.15, 0.2) is 48.5 Å². The normalized spacial score (nSPS) is 17.8. The maximum atomic E-state index is 13.8. The molecule has 9 heteroatoms. The van der Waals surface area contributed by atoms with Crippen molar-refractivity contribution in [2.24, 2.45) is 5.92 Å². The zero-order valence-electron chi connectivity index (χ0n) is 18.4. The lowest BCUT2D eigenvalue weighted by Gasteiger charge is -2.26. The Kier molecular flexibility index (Phi) is 7.42. The minimum absolute atomic E-state index is 0.0173. The third-order valence-electron chi connectivity index (χ3n) is 5.87. The molecule has 0 saturated heterocycles. The molecule has 1 aliphatic carbocycles. The maximum Gasteiger partial charge on any atom is 0.306 e. The number of benzene rings is 2. The second-order valence-electron chi connectivity index (χ2n) is 8.23. The Hall–Kier alpha value is -3.46. The van der Waals surface area contributed by atoms with Crippen LogP contribution < -0.4 is 15.4 Å². The molecule has 178 valence electrons. The lowest BCUT2D eigenvalue weighted by atomic mass is 9.87. The Morgan fingerprint density at radius 2 is 1.65 bits per heavy atom. The van der Waals surface area contributed by atoms with Crippen molar-refractivity contribution in [3.05, 3.63) is 64.8 Å². The summed E-state index contributed by atoms with van der Waals surface area (Å²) in [6, 6.07) is 13.0. The maximum absolute atomic E-state index is 13.8. The summed E-state index contributed by atoms with van der Waals surface area (Å²) in [4.78, 5) is 36.1. The number of amides is 2. The van der Waals surface area contributed by atoms with E-state index in [1.807, 2.05) is 0 Å². The second kappa shape index (κ2) is 10.6. The van der Waals surface area contributed by atoms with Crippen molar-refractivity contribution in [3.8, 4) is 5.75 Å². The van der Waals surface area contributed by atoms with Gasteiger partial charge >= 0.3 is 5.97 Å². The van der Waals surface area contributed by atoms with Crippen molar-refractivity contribution < 1.29 is 28.6 Å². The summed E-state index contributed by atoms with van der Waals surface area (Å²) in [5.74, 6) is -1.34. The highest BCUT2D eigenvalue weighted by Crippen LogP contribution is 2.28. The lowest BCUT2D eigenvalue weighted by molar-refractivity contribution is -0.143. The number of carboxylic acid groups (broad SMARTS) is 1. The summed E-state index contributed by atoms with van der Waals surface area (Å²) < 4.78 is 20.4. The largest absolute Gasteiger partial charge is 0.490 e. The number of carbonyl (C=O) groups is 3. The standard InChI is InChI=1S/C25H25FN2O5S/c26-20-2-1-3-21-19(20)14-22(34-21)24(30)28-13-12-27-23(29)15-4-8-17(9-5-15)33-18-10-6-16(7-11-18)25(31)32/h1-5,8-9,14,16,18H,6-7,10-13H2,(H,27,29)(H,28,30)(H,31,32). The van der Waals surface area contributed by atoms with Gasteiger partial charge in [-0.2, -0.15) is 0 Å². The van der Waals surface area contributed by atoms with Crippen LogP contribution in [0.4, 0.5) is 4.39 Å². The number of aliphatic carboxylic acids is 1. The van der Waals surface area contributed by atoms with Crippen LogP contribution in [-0.2, 0) is 4.79 Å². The van der Waals surface area contributed by atoms with Gasteiger partial charge in [-0.15, -0.1) is 11.3 Å². The zero-order chi connectivity index (χ0) is 24.1. The van der Waals surface area contributed by atoms with Crippen molar-refractivity contribution in [1.82, 2.24) is 10.6 Å². The summed E-state index contributed by atoms with van der Waals surface area (Å²) in [5.41, 5.74) is 0.466. The van der Waals surface area contributed by atoms with Crippen LogP contribution in [-0.4, -0.2) is 42.1 Å². The van der Waals surface area contributed by atoms with Crippen LogP contribution in [0.1, 0.15) is 45.7 Å². The fraction of sp³-hybridized carbons (Fsp3) is 0.320. The Bertz CT molecular complexity index is 1190. The molecule has 0 spiro atoms. The van der Waals surface area contributed by atoms with E-state index >= 15 is 0 Å². The number of hydrogen-bond acceptors (Lipinski definition) is 5. The highest BCUT2D eigenvalue weighted by atomic mass is 32.1. The van der Waals surface area contributed by atoms with Crippen LogP contribution in [0.25, 0.3) is 10.1 Å². The molecule has 1 fully saturated rings. The minimum atomic E-state index is -0.746. The molecular formula is C25H25FN2O5S. The summed E-state index contributed by atoms with van der Waals surface area (Å²) in [5, 5.41) is 15.0. The molecule has 3 aromatic rings. The molecular weight excluding hydrogens is 459 g/mol. The molecule has 0 atom stereocenters. The molecule has 7 nitrogen and oxygen atoms in total. The number of fused-ring (bicyclic) bond motifs is 1. The molecule has 3 N–H and O–H groups in total. The third kappa shape index (κ3) is 5.72. The van der Waals surface area contributed by atoms with Gasteiger partial charge in [-0.25, -0.2) is 4.39 Å². The number of thiophene rings is 1. The average molecular weight is 485 g/mol. The first-order chi connectivity index (χ1) is 16.4. The number of nitrogens with one attached hydrogen (secondary N) is 2. The van der Waals surface area contributed by atoms with E-state index in [1.165, 1.54) is 23.5 Å². The van der Waals surface area contributed by atoms with Crippen molar-refractivity contribution in [1.29, 1.82) is 0 Å². The number of carbonyl (C=O) groups excluding carboxylic acids is 2. The van der Waals surface area contributed by atoms with Crippen LogP contribution in [0, 0.1) is 11.7 Å². The smallest absolute Gasteiger partial charge is 0.306 e. The van der Waals surface area contributed by atoms with Gasteiger partial charge in [0, 0.05) is 28.7 Å². The first-order valence-electron chi connectivity index (χ1n) is 11.1. The average Bonchev–Trinajstić information content (AvgIpc) is 3.28. The fourth-order valence-corrected chi connectivity index (χ4v) is 4.97. The number of hydrogen-bond donors (Lipinski definition) is 3. The van der Waals surface area contributed by atoms with E-state index in [4.69, 9.17) is 9.84 Å². The molecule has 34 heavy (non-hydrogen) atoms. The van der Waals surface area contributed by atoms with Crippen molar-refractivity contribution >= 4 is 39.2 Å². The third-order valence-corrected chi connectivity index (χ3v) is 6.97. The Morgan fingerprint density at radius 1 is 0.971 bits per heavy atom. The molecule has 0 unspecified atom stereocenters. The summed E-state index contributed by atoms with van der Waals surface area (Å²) in [6.45, 7) is 0.483. The topological polar surface area (TPSA) is 105 Å². The van der Waals surface area contributed by atoms with Crippen LogP contribution in [0.3, 0.4) is 0 Å². The molecule has 4 rings (SSSR count). The van der Waals surface area contributed by atoms with Gasteiger partial charge in [0.2, 0.25) is 0 Å². The van der Waals surface area contributed by atoms with Crippen LogP contribution >= 0.6 is 11.3 Å². The summed E-state index contributed by atoms with van der Waals surface area (Å²) in [7, 11) is 0. The van der Waals surface area contributed by atoms with Gasteiger partial charge in [0.05, 0.1) is 16.9 Å². The Labute approximate surface area is 199 Å². The number of carboxylic acids is 1. The SMILES string of the molecule is O=C(NCCNC(=O)c1cc2c(F)cccc2s1)c1ccc(OC2CCC(C(=O)O)CC2)cc1. The van der Waals surface area contributed by atoms with Crippen molar-refractivity contribution in [2.75, 3.05) is 13.1 Å². The quantitative estimate of drug-likeness (QED) is 0.415. The lowest BCUT2D eigenvalue weighted by Crippen LogP contribution is -2.34. The number of rotatable bonds is 8. The molecule has 1 aliphatic rings. The van der Waals surface area contributed by atoms with Crippen molar-refractivity contribution in [2.45, 2.75) is 31.8 Å². The molecule has 0 bridgehead atoms. The van der Waals surface area contributed by atoms with Crippen LogP contribution in [0.2, 0.25) is 0 Å². The molecule has 2 aromatic carbocycles. The molecule has 0 radical (unpaired) electrons. The van der Waals surface area contributed by atoms with Gasteiger partial charge in [-0.1, -0.05) is 6.07 Å². The fourth-order valence-electron chi connectivity index (χ4n) is 3.98. The van der Waals surface area contributed by atoms with Gasteiger partial charge in [-0.3, -0.25) is 14.4 Å². The Morgan fingerprint density at radius 3 is 2.29 bits per heavy atom. The van der Waals surface area contributed by atoms with E-state index in [9.17, 15) is 18.8 Å². The zero-order valence-corrected chi connectivity index (χ0v) is 19.2. The summed E-state index contributed by atoms with van der Waals surface area (Å²) >= 11 is 1.22. The highest BCUT2D eigenvalue weighted by Gasteiger charge is 2.26. The molecule has 1 heterocycles. The van der Waals surface area contributed by atoms with Gasteiger partial charge in [0.15, 0.2) is 0 Å². The number of ether oxygens (including phenoxy) is 1. The van der Waals surface area contributed by atoms with E-state index < -0.39 is 5.97 Å². The predicted molar refractivity (Wildman–Crippen MR) is 127 cm³/mol. The van der Waals surface area contributed by atoms with Gasteiger partial charge in [0.25, 0.3) is 11.8 Å². The molecule has 1 saturated carbocycles. The molecule has 0 aliphatic heterocycles. The second-order valence-corrected chi connectivity index (χ2v) is 9.31. The van der Waals surface area contributed by atoms with Gasteiger partial charge in [-0.05, 0) is 68.1 Å². The van der Waals surface area contributed by atoms with Gasteiger partial charge in [0.1, 0.15) is 11.6 Å². The molecule has 1 aromatic heterocycles. The van der Waals surface area contributed by atoms with Crippen LogP contribution in [0.5, 0.6) is 5.75 Å². The Balaban J connectivity index is 1.20. The summed E-state index contributed by atoms with van der Waals surface area (Å²) in [6.07, 6.45) is 2.59. The first kappa shape index (κ1) is 23.7. The van der Waals surface area contributed by atoms with E-state index in [2.05, 4.69) is 10.6 Å². The van der Waals surface area contributed by atoms with Gasteiger partial charge < -0.3 is 20.5 Å². The first-order valence-corrected chi connectivity index (χ1v) is 12.0. The number of halogens is 1. The van der Waals surface area contributed by atoms with E-state index in [-0.39, 0.29) is 42.7 Å². The van der Waals surface area contributed by atoms with Crippen molar-refractivity contribution in [3.63, 3.8) is 0 Å².